The minimum absolute atomic E-state index is 0.0541. The zero-order chi connectivity index (χ0) is 17.3. The SMILES string of the molecule is Cn1c(/C(C#N)=C\c2ccc(Cl)c([N+](=O)[O-])c2)nc2ccccc21. The molecule has 0 amide bonds. The number of hydrogen-bond acceptors (Lipinski definition) is 4. The molecule has 0 aliphatic carbocycles. The lowest BCUT2D eigenvalue weighted by Gasteiger charge is -2.02. The van der Waals surface area contributed by atoms with E-state index in [1.54, 1.807) is 12.1 Å². The van der Waals surface area contributed by atoms with Crippen LogP contribution in [0.3, 0.4) is 0 Å². The van der Waals surface area contributed by atoms with E-state index in [4.69, 9.17) is 11.6 Å². The third-order valence-corrected chi connectivity index (χ3v) is 3.95. The molecule has 6 nitrogen and oxygen atoms in total. The van der Waals surface area contributed by atoms with Crippen molar-refractivity contribution in [2.45, 2.75) is 0 Å². The lowest BCUT2D eigenvalue weighted by Crippen LogP contribution is -1.96. The number of allylic oxidation sites excluding steroid dienone is 1. The average molecular weight is 339 g/mol. The van der Waals surface area contributed by atoms with E-state index < -0.39 is 4.92 Å². The third-order valence-electron chi connectivity index (χ3n) is 3.63. The maximum Gasteiger partial charge on any atom is 0.288 e. The molecule has 0 radical (unpaired) electrons. The first kappa shape index (κ1) is 15.7. The zero-order valence-electron chi connectivity index (χ0n) is 12.6. The number of aryl methyl sites for hydroxylation is 1. The quantitative estimate of drug-likeness (QED) is 0.407. The van der Waals surface area contributed by atoms with Gasteiger partial charge in [0.15, 0.2) is 5.82 Å². The standard InChI is InChI=1S/C17H11ClN4O2/c1-21-15-5-3-2-4-14(15)20-17(21)12(10-19)8-11-6-7-13(18)16(9-11)22(23)24/h2-9H,1H3/b12-8-. The van der Waals surface area contributed by atoms with Crippen molar-refractivity contribution in [3.63, 3.8) is 0 Å². The van der Waals surface area contributed by atoms with Gasteiger partial charge in [-0.05, 0) is 29.8 Å². The molecule has 118 valence electrons. The predicted molar refractivity (Wildman–Crippen MR) is 92.3 cm³/mol. The minimum atomic E-state index is -0.555. The first-order chi connectivity index (χ1) is 11.5. The Labute approximate surface area is 142 Å². The van der Waals surface area contributed by atoms with Crippen molar-refractivity contribution in [3.05, 3.63) is 69.0 Å². The van der Waals surface area contributed by atoms with Crippen LogP contribution in [0.25, 0.3) is 22.7 Å². The van der Waals surface area contributed by atoms with E-state index in [-0.39, 0.29) is 10.7 Å². The number of nitriles is 1. The maximum atomic E-state index is 11.0. The maximum absolute atomic E-state index is 11.0. The molecule has 0 aliphatic rings. The number of nitrogens with zero attached hydrogens (tertiary/aromatic N) is 4. The molecule has 24 heavy (non-hydrogen) atoms. The van der Waals surface area contributed by atoms with Crippen LogP contribution in [0.4, 0.5) is 5.69 Å². The molecule has 1 aromatic heterocycles. The van der Waals surface area contributed by atoms with Crippen LogP contribution in [-0.2, 0) is 7.05 Å². The zero-order valence-corrected chi connectivity index (χ0v) is 13.4. The first-order valence-corrected chi connectivity index (χ1v) is 7.36. The van der Waals surface area contributed by atoms with Gasteiger partial charge in [0.25, 0.3) is 5.69 Å². The molecule has 2 aromatic carbocycles. The average Bonchev–Trinajstić information content (AvgIpc) is 2.91. The molecule has 0 bridgehead atoms. The van der Waals surface area contributed by atoms with Gasteiger partial charge < -0.3 is 4.57 Å². The van der Waals surface area contributed by atoms with Gasteiger partial charge in [0.1, 0.15) is 11.1 Å². The summed E-state index contributed by atoms with van der Waals surface area (Å²) in [5.41, 5.74) is 2.29. The van der Waals surface area contributed by atoms with Crippen LogP contribution in [0.1, 0.15) is 11.4 Å². The summed E-state index contributed by atoms with van der Waals surface area (Å²) in [6, 6.07) is 14.0. The highest BCUT2D eigenvalue weighted by Crippen LogP contribution is 2.28. The number of fused-ring (bicyclic) bond motifs is 1. The fraction of sp³-hybridized carbons (Fsp3) is 0.0588. The second kappa shape index (κ2) is 6.14. The summed E-state index contributed by atoms with van der Waals surface area (Å²) >= 11 is 5.81. The van der Waals surface area contributed by atoms with Gasteiger partial charge in [-0.2, -0.15) is 5.26 Å². The lowest BCUT2D eigenvalue weighted by atomic mass is 10.1. The van der Waals surface area contributed by atoms with Gasteiger partial charge in [-0.25, -0.2) is 4.98 Å². The molecule has 3 rings (SSSR count). The van der Waals surface area contributed by atoms with Gasteiger partial charge in [0, 0.05) is 13.1 Å². The number of rotatable bonds is 3. The third kappa shape index (κ3) is 2.73. The second-order valence-electron chi connectivity index (χ2n) is 5.12. The Balaban J connectivity index is 2.13. The summed E-state index contributed by atoms with van der Waals surface area (Å²) in [6.07, 6.45) is 1.56. The van der Waals surface area contributed by atoms with Gasteiger partial charge in [0.05, 0.1) is 21.5 Å². The van der Waals surface area contributed by atoms with Crippen molar-refractivity contribution in [1.82, 2.24) is 9.55 Å². The number of benzene rings is 2. The summed E-state index contributed by atoms with van der Waals surface area (Å²) in [4.78, 5) is 14.9. The lowest BCUT2D eigenvalue weighted by molar-refractivity contribution is -0.384. The molecule has 0 atom stereocenters. The Morgan fingerprint density at radius 2 is 2.12 bits per heavy atom. The van der Waals surface area contributed by atoms with Gasteiger partial charge in [-0.15, -0.1) is 0 Å². The van der Waals surface area contributed by atoms with Gasteiger partial charge in [-0.1, -0.05) is 29.8 Å². The molecular formula is C17H11ClN4O2. The van der Waals surface area contributed by atoms with Gasteiger partial charge in [-0.3, -0.25) is 10.1 Å². The number of para-hydroxylation sites is 2. The minimum Gasteiger partial charge on any atom is -0.327 e. The van der Waals surface area contributed by atoms with Crippen LogP contribution in [0, 0.1) is 21.4 Å². The summed E-state index contributed by atoms with van der Waals surface area (Å²) in [6.45, 7) is 0. The highest BCUT2D eigenvalue weighted by Gasteiger charge is 2.15. The number of halogens is 1. The van der Waals surface area contributed by atoms with Crippen molar-refractivity contribution in [1.29, 1.82) is 5.26 Å². The molecule has 3 aromatic rings. The normalized spacial score (nSPS) is 11.5. The fourth-order valence-corrected chi connectivity index (χ4v) is 2.65. The first-order valence-electron chi connectivity index (χ1n) is 6.99. The van der Waals surface area contributed by atoms with Crippen LogP contribution in [0.15, 0.2) is 42.5 Å². The van der Waals surface area contributed by atoms with Crippen molar-refractivity contribution in [2.24, 2.45) is 7.05 Å². The molecule has 1 heterocycles. The highest BCUT2D eigenvalue weighted by molar-refractivity contribution is 6.32. The Bertz CT molecular complexity index is 1030. The van der Waals surface area contributed by atoms with E-state index in [1.165, 1.54) is 12.1 Å². The Morgan fingerprint density at radius 1 is 1.38 bits per heavy atom. The number of nitro benzene ring substituents is 1. The van der Waals surface area contributed by atoms with Crippen molar-refractivity contribution >= 4 is 40.0 Å². The molecule has 0 fully saturated rings. The van der Waals surface area contributed by atoms with Crippen LogP contribution in [0.5, 0.6) is 0 Å². The van der Waals surface area contributed by atoms with Gasteiger partial charge >= 0.3 is 0 Å². The molecule has 0 spiro atoms. The summed E-state index contributed by atoms with van der Waals surface area (Å²) in [5.74, 6) is 0.497. The molecule has 0 unspecified atom stereocenters. The molecule has 0 aliphatic heterocycles. The van der Waals surface area contributed by atoms with Crippen molar-refractivity contribution in [3.8, 4) is 6.07 Å². The van der Waals surface area contributed by atoms with Gasteiger partial charge in [0.2, 0.25) is 0 Å². The van der Waals surface area contributed by atoms with Crippen LogP contribution >= 0.6 is 11.6 Å². The van der Waals surface area contributed by atoms with Crippen molar-refractivity contribution in [2.75, 3.05) is 0 Å². The molecular weight excluding hydrogens is 328 g/mol. The Hall–Kier alpha value is -3.17. The van der Waals surface area contributed by atoms with Crippen LogP contribution in [0.2, 0.25) is 5.02 Å². The number of imidazole rings is 1. The summed E-state index contributed by atoms with van der Waals surface area (Å²) < 4.78 is 1.81. The van der Waals surface area contributed by atoms with E-state index in [0.717, 1.165) is 11.0 Å². The van der Waals surface area contributed by atoms with Crippen LogP contribution < -0.4 is 0 Å². The summed E-state index contributed by atoms with van der Waals surface area (Å²) in [7, 11) is 1.82. The van der Waals surface area contributed by atoms with E-state index >= 15 is 0 Å². The van der Waals surface area contributed by atoms with E-state index in [0.29, 0.717) is 17.0 Å². The molecule has 0 saturated carbocycles. The number of hydrogen-bond donors (Lipinski definition) is 0. The molecule has 7 heteroatoms. The molecule has 0 saturated heterocycles. The largest absolute Gasteiger partial charge is 0.327 e. The highest BCUT2D eigenvalue weighted by atomic mass is 35.5. The smallest absolute Gasteiger partial charge is 0.288 e. The van der Waals surface area contributed by atoms with Crippen LogP contribution in [-0.4, -0.2) is 14.5 Å². The summed E-state index contributed by atoms with van der Waals surface area (Å²) in [5, 5.41) is 20.5. The predicted octanol–water partition coefficient (Wildman–Crippen LogP) is 4.20. The molecule has 0 N–H and O–H groups in total. The second-order valence-corrected chi connectivity index (χ2v) is 5.53. The Morgan fingerprint density at radius 3 is 2.79 bits per heavy atom. The number of nitro groups is 1. The van der Waals surface area contributed by atoms with E-state index in [1.807, 2.05) is 35.9 Å². The van der Waals surface area contributed by atoms with Crippen molar-refractivity contribution < 1.29 is 4.92 Å². The number of aromatic nitrogens is 2. The topological polar surface area (TPSA) is 84.8 Å². The fourth-order valence-electron chi connectivity index (χ4n) is 2.46. The Kier molecular flexibility index (Phi) is 4.02. The monoisotopic (exact) mass is 338 g/mol. The van der Waals surface area contributed by atoms with E-state index in [9.17, 15) is 15.4 Å². The van der Waals surface area contributed by atoms with E-state index in [2.05, 4.69) is 11.1 Å².